The molecule has 0 unspecified atom stereocenters. The van der Waals surface area contributed by atoms with Crippen LogP contribution in [-0.2, 0) is 0 Å². The Bertz CT molecular complexity index is 3340. The highest BCUT2D eigenvalue weighted by Crippen LogP contribution is 2.41. The van der Waals surface area contributed by atoms with Crippen LogP contribution in [0.1, 0.15) is 0 Å². The zero-order valence-corrected chi connectivity index (χ0v) is 33.6. The summed E-state index contributed by atoms with van der Waals surface area (Å²) in [5, 5.41) is 7.57. The Morgan fingerprint density at radius 3 is 1.38 bits per heavy atom. The molecule has 61 heavy (non-hydrogen) atoms. The van der Waals surface area contributed by atoms with Crippen LogP contribution in [0, 0.1) is 0 Å². The van der Waals surface area contributed by atoms with Crippen LogP contribution >= 0.6 is 0 Å². The monoisotopic (exact) mass is 775 g/mol. The Labute approximate surface area is 357 Å². The van der Waals surface area contributed by atoms with Gasteiger partial charge < -0.3 is 4.90 Å². The lowest BCUT2D eigenvalue weighted by molar-refractivity contribution is 1.28. The predicted molar refractivity (Wildman–Crippen MR) is 261 cm³/mol. The van der Waals surface area contributed by atoms with Crippen LogP contribution < -0.4 is 4.90 Å². The standard InChI is InChI=1S/C60H41N/c1-2-14-42(15-3-1)46-19-10-20-47(38-46)43-30-34-52(35-31-43)61(53-36-32-45(33-37-53)60-41-51-17-5-7-26-57(51)58-27-8-9-28-59(58)60)54-24-12-22-49(40-54)48-21-11-23-50(39-48)56-29-13-18-44-16-4-6-25-55(44)56/h1-41H. The molecule has 0 heterocycles. The largest absolute Gasteiger partial charge is 0.310 e. The highest BCUT2D eigenvalue weighted by atomic mass is 15.1. The summed E-state index contributed by atoms with van der Waals surface area (Å²) in [5.74, 6) is 0. The minimum atomic E-state index is 1.09. The normalized spacial score (nSPS) is 11.3. The summed E-state index contributed by atoms with van der Waals surface area (Å²) < 4.78 is 0. The van der Waals surface area contributed by atoms with E-state index in [0.717, 1.165) is 22.6 Å². The third kappa shape index (κ3) is 6.93. The van der Waals surface area contributed by atoms with E-state index >= 15 is 0 Å². The van der Waals surface area contributed by atoms with Gasteiger partial charge in [-0.25, -0.2) is 0 Å². The summed E-state index contributed by atoms with van der Waals surface area (Å²) in [6.07, 6.45) is 0. The Kier molecular flexibility index (Phi) is 9.26. The van der Waals surface area contributed by atoms with Crippen molar-refractivity contribution in [2.75, 3.05) is 4.90 Å². The third-order valence-electron chi connectivity index (χ3n) is 12.0. The lowest BCUT2D eigenvalue weighted by Gasteiger charge is -2.26. The molecule has 0 fully saturated rings. The minimum absolute atomic E-state index is 1.09. The molecule has 1 nitrogen and oxygen atoms in total. The fourth-order valence-corrected chi connectivity index (χ4v) is 9.01. The first-order valence-corrected chi connectivity index (χ1v) is 21.0. The van der Waals surface area contributed by atoms with E-state index in [1.807, 2.05) is 0 Å². The van der Waals surface area contributed by atoms with E-state index in [1.54, 1.807) is 0 Å². The number of fused-ring (bicyclic) bond motifs is 4. The van der Waals surface area contributed by atoms with Gasteiger partial charge in [0.25, 0.3) is 0 Å². The highest BCUT2D eigenvalue weighted by Gasteiger charge is 2.16. The first-order chi connectivity index (χ1) is 30.2. The maximum atomic E-state index is 2.38. The zero-order valence-electron chi connectivity index (χ0n) is 33.6. The molecule has 11 rings (SSSR count). The fourth-order valence-electron chi connectivity index (χ4n) is 9.01. The van der Waals surface area contributed by atoms with Crippen molar-refractivity contribution in [2.45, 2.75) is 0 Å². The van der Waals surface area contributed by atoms with Crippen LogP contribution in [0.4, 0.5) is 17.1 Å². The maximum absolute atomic E-state index is 2.38. The summed E-state index contributed by atoms with van der Waals surface area (Å²) in [7, 11) is 0. The van der Waals surface area contributed by atoms with Gasteiger partial charge in [0.15, 0.2) is 0 Å². The van der Waals surface area contributed by atoms with Crippen molar-refractivity contribution in [3.63, 3.8) is 0 Å². The van der Waals surface area contributed by atoms with E-state index in [4.69, 9.17) is 0 Å². The van der Waals surface area contributed by atoms with E-state index in [-0.39, 0.29) is 0 Å². The van der Waals surface area contributed by atoms with Crippen molar-refractivity contribution in [3.8, 4) is 55.6 Å². The lowest BCUT2D eigenvalue weighted by atomic mass is 9.93. The van der Waals surface area contributed by atoms with Crippen LogP contribution in [0.15, 0.2) is 249 Å². The molecule has 1 heteroatoms. The van der Waals surface area contributed by atoms with Gasteiger partial charge in [-0.1, -0.05) is 194 Å². The molecule has 0 N–H and O–H groups in total. The molecule has 0 aliphatic carbocycles. The van der Waals surface area contributed by atoms with E-state index in [0.29, 0.717) is 0 Å². The van der Waals surface area contributed by atoms with E-state index in [2.05, 4.69) is 254 Å². The number of hydrogen-bond donors (Lipinski definition) is 0. The molecule has 286 valence electrons. The zero-order chi connectivity index (χ0) is 40.5. The second-order valence-corrected chi connectivity index (χ2v) is 15.7. The lowest BCUT2D eigenvalue weighted by Crippen LogP contribution is -2.10. The third-order valence-corrected chi connectivity index (χ3v) is 12.0. The van der Waals surface area contributed by atoms with Crippen LogP contribution in [-0.4, -0.2) is 0 Å². The molecule has 0 saturated carbocycles. The van der Waals surface area contributed by atoms with Crippen molar-refractivity contribution in [1.29, 1.82) is 0 Å². The van der Waals surface area contributed by atoms with Gasteiger partial charge in [0.05, 0.1) is 0 Å². The van der Waals surface area contributed by atoms with E-state index < -0.39 is 0 Å². The SMILES string of the molecule is c1ccc(-c2cccc(-c3ccc(N(c4ccc(-c5cc6ccccc6c6ccccc56)cc4)c4cccc(-c5cccc(-c6cccc7ccccc67)c5)c4)cc3)c2)cc1. The van der Waals surface area contributed by atoms with Crippen LogP contribution in [0.2, 0.25) is 0 Å². The predicted octanol–water partition coefficient (Wildman–Crippen LogP) is 17.0. The summed E-state index contributed by atoms with van der Waals surface area (Å²) in [6, 6.07) is 90.4. The molecule has 0 spiro atoms. The van der Waals surface area contributed by atoms with Crippen molar-refractivity contribution >= 4 is 49.4 Å². The quantitative estimate of drug-likeness (QED) is 0.139. The van der Waals surface area contributed by atoms with Gasteiger partial charge in [0, 0.05) is 17.1 Å². The summed E-state index contributed by atoms with van der Waals surface area (Å²) in [5.41, 5.74) is 15.3. The first-order valence-electron chi connectivity index (χ1n) is 21.0. The van der Waals surface area contributed by atoms with Gasteiger partial charge in [-0.15, -0.1) is 0 Å². The molecular formula is C60H41N. The number of hydrogen-bond acceptors (Lipinski definition) is 1. The molecule has 11 aromatic carbocycles. The molecule has 0 aliphatic heterocycles. The van der Waals surface area contributed by atoms with Gasteiger partial charge in [-0.3, -0.25) is 0 Å². The van der Waals surface area contributed by atoms with Crippen molar-refractivity contribution in [2.24, 2.45) is 0 Å². The van der Waals surface area contributed by atoms with Crippen LogP contribution in [0.3, 0.4) is 0 Å². The second-order valence-electron chi connectivity index (χ2n) is 15.7. The molecule has 0 saturated heterocycles. The average Bonchev–Trinajstić information content (AvgIpc) is 3.34. The van der Waals surface area contributed by atoms with Gasteiger partial charge in [-0.05, 0) is 143 Å². The number of benzene rings is 11. The first kappa shape index (κ1) is 36.1. The summed E-state index contributed by atoms with van der Waals surface area (Å²) in [4.78, 5) is 2.38. The molecular weight excluding hydrogens is 735 g/mol. The molecule has 0 aliphatic rings. The van der Waals surface area contributed by atoms with Gasteiger partial charge in [0.1, 0.15) is 0 Å². The maximum Gasteiger partial charge on any atom is 0.0467 e. The van der Waals surface area contributed by atoms with Gasteiger partial charge in [-0.2, -0.15) is 0 Å². The Morgan fingerprint density at radius 2 is 0.656 bits per heavy atom. The number of anilines is 3. The Morgan fingerprint density at radius 1 is 0.197 bits per heavy atom. The van der Waals surface area contributed by atoms with Crippen LogP contribution in [0.25, 0.3) is 88.0 Å². The minimum Gasteiger partial charge on any atom is -0.310 e. The molecule has 0 aromatic heterocycles. The fraction of sp³-hybridized carbons (Fsp3) is 0. The van der Waals surface area contributed by atoms with Crippen molar-refractivity contribution < 1.29 is 0 Å². The number of rotatable bonds is 8. The summed E-state index contributed by atoms with van der Waals surface area (Å²) in [6.45, 7) is 0. The number of nitrogens with zero attached hydrogens (tertiary/aromatic N) is 1. The Hall–Kier alpha value is -8.00. The van der Waals surface area contributed by atoms with Crippen molar-refractivity contribution in [1.82, 2.24) is 0 Å². The summed E-state index contributed by atoms with van der Waals surface area (Å²) >= 11 is 0. The molecule has 0 radical (unpaired) electrons. The highest BCUT2D eigenvalue weighted by molar-refractivity contribution is 6.13. The smallest absolute Gasteiger partial charge is 0.0467 e. The topological polar surface area (TPSA) is 3.24 Å². The van der Waals surface area contributed by atoms with Gasteiger partial charge >= 0.3 is 0 Å². The second kappa shape index (κ2) is 15.6. The van der Waals surface area contributed by atoms with Crippen molar-refractivity contribution in [3.05, 3.63) is 249 Å². The molecule has 11 aromatic rings. The molecule has 0 atom stereocenters. The van der Waals surface area contributed by atoms with E-state index in [9.17, 15) is 0 Å². The molecule has 0 bridgehead atoms. The average molecular weight is 776 g/mol. The van der Waals surface area contributed by atoms with Gasteiger partial charge in [0.2, 0.25) is 0 Å². The van der Waals surface area contributed by atoms with E-state index in [1.165, 1.54) is 82.4 Å². The van der Waals surface area contributed by atoms with Crippen LogP contribution in [0.5, 0.6) is 0 Å². The molecule has 0 amide bonds. The Balaban J connectivity index is 1.00.